The molecule has 1 N–H and O–H groups in total. The van der Waals surface area contributed by atoms with Crippen LogP contribution in [-0.4, -0.2) is 40.7 Å². The van der Waals surface area contributed by atoms with Crippen LogP contribution in [0, 0.1) is 5.92 Å². The minimum absolute atomic E-state index is 0.103. The quantitative estimate of drug-likeness (QED) is 0.861. The van der Waals surface area contributed by atoms with Crippen LogP contribution in [0.25, 0.3) is 0 Å². The molecule has 1 aromatic carbocycles. The van der Waals surface area contributed by atoms with E-state index in [1.807, 2.05) is 6.92 Å². The highest BCUT2D eigenvalue weighted by molar-refractivity contribution is 7.99. The number of halogens is 1. The molecule has 1 aliphatic rings. The second-order valence-corrected chi connectivity index (χ2v) is 6.74. The maximum atomic E-state index is 12.7. The Morgan fingerprint density at radius 2 is 2.24 bits per heavy atom. The Kier molecular flexibility index (Phi) is 5.53. The summed E-state index contributed by atoms with van der Waals surface area (Å²) in [6.45, 7) is 2.91. The van der Waals surface area contributed by atoms with Crippen molar-refractivity contribution in [2.45, 2.75) is 24.7 Å². The zero-order valence-electron chi connectivity index (χ0n) is 11.8. The molecule has 1 amide bonds. The van der Waals surface area contributed by atoms with Gasteiger partial charge >= 0.3 is 5.97 Å². The summed E-state index contributed by atoms with van der Waals surface area (Å²) in [6.07, 6.45) is 1.36. The lowest BCUT2D eigenvalue weighted by Gasteiger charge is -2.31. The van der Waals surface area contributed by atoms with Gasteiger partial charge in [-0.2, -0.15) is 0 Å². The Labute approximate surface area is 133 Å². The van der Waals surface area contributed by atoms with Crippen molar-refractivity contribution < 1.29 is 14.7 Å². The van der Waals surface area contributed by atoms with Crippen molar-refractivity contribution in [3.05, 3.63) is 28.8 Å². The molecule has 0 aliphatic carbocycles. The second kappa shape index (κ2) is 7.18. The van der Waals surface area contributed by atoms with E-state index in [-0.39, 0.29) is 12.5 Å². The van der Waals surface area contributed by atoms with Gasteiger partial charge in [-0.25, -0.2) is 0 Å². The maximum absolute atomic E-state index is 12.7. The maximum Gasteiger partial charge on any atom is 0.308 e. The van der Waals surface area contributed by atoms with Gasteiger partial charge in [0.2, 0.25) is 0 Å². The highest BCUT2D eigenvalue weighted by atomic mass is 35.5. The van der Waals surface area contributed by atoms with E-state index in [1.54, 1.807) is 34.9 Å². The summed E-state index contributed by atoms with van der Waals surface area (Å²) < 4.78 is 0. The van der Waals surface area contributed by atoms with Crippen molar-refractivity contribution in [1.29, 1.82) is 0 Å². The molecule has 0 bridgehead atoms. The van der Waals surface area contributed by atoms with Gasteiger partial charge in [-0.3, -0.25) is 9.59 Å². The molecule has 2 rings (SSSR count). The molecule has 1 heterocycles. The number of carboxylic acid groups (broad SMARTS) is 1. The fourth-order valence-corrected chi connectivity index (χ4v) is 3.55. The average Bonchev–Trinajstić information content (AvgIpc) is 2.47. The van der Waals surface area contributed by atoms with E-state index in [2.05, 4.69) is 0 Å². The molecular formula is C15H18ClNO3S. The van der Waals surface area contributed by atoms with Crippen LogP contribution in [0.1, 0.15) is 30.1 Å². The van der Waals surface area contributed by atoms with Crippen LogP contribution < -0.4 is 0 Å². The van der Waals surface area contributed by atoms with E-state index in [1.165, 1.54) is 0 Å². The highest BCUT2D eigenvalue weighted by Crippen LogP contribution is 2.28. The fraction of sp³-hybridized carbons (Fsp3) is 0.467. The molecular weight excluding hydrogens is 310 g/mol. The number of benzene rings is 1. The van der Waals surface area contributed by atoms with E-state index in [9.17, 15) is 9.59 Å². The largest absolute Gasteiger partial charge is 0.481 e. The molecule has 1 unspecified atom stereocenters. The summed E-state index contributed by atoms with van der Waals surface area (Å²) in [7, 11) is 0. The van der Waals surface area contributed by atoms with Crippen molar-refractivity contribution in [2.75, 3.05) is 18.8 Å². The van der Waals surface area contributed by atoms with Crippen LogP contribution in [0.15, 0.2) is 23.1 Å². The number of carbonyl (C=O) groups excluding carboxylic acids is 1. The topological polar surface area (TPSA) is 57.6 Å². The van der Waals surface area contributed by atoms with Gasteiger partial charge in [0, 0.05) is 23.0 Å². The number of hydrogen-bond acceptors (Lipinski definition) is 3. The number of rotatable bonds is 4. The van der Waals surface area contributed by atoms with Gasteiger partial charge in [0.1, 0.15) is 0 Å². The van der Waals surface area contributed by atoms with Gasteiger partial charge < -0.3 is 10.0 Å². The van der Waals surface area contributed by atoms with E-state index in [4.69, 9.17) is 16.7 Å². The Bertz CT molecular complexity index is 550. The smallest absolute Gasteiger partial charge is 0.308 e. The first-order chi connectivity index (χ1) is 10.0. The first-order valence-electron chi connectivity index (χ1n) is 6.97. The molecule has 6 heteroatoms. The third-order valence-corrected chi connectivity index (χ3v) is 4.70. The molecule has 1 saturated heterocycles. The molecule has 114 valence electrons. The predicted molar refractivity (Wildman–Crippen MR) is 84.1 cm³/mol. The van der Waals surface area contributed by atoms with Gasteiger partial charge in [0.15, 0.2) is 0 Å². The molecule has 0 aromatic heterocycles. The van der Waals surface area contributed by atoms with Crippen molar-refractivity contribution >= 4 is 35.2 Å². The number of likely N-dealkylation sites (tertiary alicyclic amines) is 1. The Hall–Kier alpha value is -1.20. The van der Waals surface area contributed by atoms with Crippen molar-refractivity contribution in [3.8, 4) is 0 Å². The molecule has 0 spiro atoms. The Balaban J connectivity index is 2.21. The average molecular weight is 328 g/mol. The lowest BCUT2D eigenvalue weighted by atomic mass is 9.97. The normalized spacial score (nSPS) is 18.6. The minimum atomic E-state index is -0.827. The molecule has 1 aromatic rings. The van der Waals surface area contributed by atoms with Gasteiger partial charge in [0.05, 0.1) is 11.5 Å². The summed E-state index contributed by atoms with van der Waals surface area (Å²) in [5.41, 5.74) is 0.609. The van der Waals surface area contributed by atoms with Crippen LogP contribution in [0.4, 0.5) is 0 Å². The van der Waals surface area contributed by atoms with Crippen molar-refractivity contribution in [1.82, 2.24) is 4.90 Å². The monoisotopic (exact) mass is 327 g/mol. The van der Waals surface area contributed by atoms with E-state index in [0.717, 1.165) is 17.1 Å². The van der Waals surface area contributed by atoms with Crippen molar-refractivity contribution in [2.24, 2.45) is 5.92 Å². The predicted octanol–water partition coefficient (Wildman–Crippen LogP) is 3.39. The van der Waals surface area contributed by atoms with Crippen LogP contribution in [0.5, 0.6) is 0 Å². The summed E-state index contributed by atoms with van der Waals surface area (Å²) >= 11 is 7.56. The summed E-state index contributed by atoms with van der Waals surface area (Å²) in [5.74, 6) is -0.545. The standard InChI is InChI=1S/C15H18ClNO3S/c1-2-21-13-8-11(16)5-6-12(13)14(18)17-7-3-4-10(9-17)15(19)20/h5-6,8,10H,2-4,7,9H2,1H3,(H,19,20). The van der Waals surface area contributed by atoms with Gasteiger partial charge in [-0.15, -0.1) is 11.8 Å². The van der Waals surface area contributed by atoms with Crippen LogP contribution in [0.3, 0.4) is 0 Å². The first kappa shape index (κ1) is 16.2. The summed E-state index contributed by atoms with van der Waals surface area (Å²) in [6, 6.07) is 5.22. The molecule has 1 fully saturated rings. The number of nitrogens with zero attached hydrogens (tertiary/aromatic N) is 1. The van der Waals surface area contributed by atoms with Gasteiger partial charge in [-0.1, -0.05) is 18.5 Å². The van der Waals surface area contributed by atoms with Crippen LogP contribution in [-0.2, 0) is 4.79 Å². The fourth-order valence-electron chi connectivity index (χ4n) is 2.48. The number of piperidine rings is 1. The number of carbonyl (C=O) groups is 2. The molecule has 0 radical (unpaired) electrons. The summed E-state index contributed by atoms with van der Waals surface area (Å²) in [4.78, 5) is 26.3. The molecule has 0 saturated carbocycles. The minimum Gasteiger partial charge on any atom is -0.481 e. The van der Waals surface area contributed by atoms with Crippen LogP contribution >= 0.6 is 23.4 Å². The summed E-state index contributed by atoms with van der Waals surface area (Å²) in [5, 5.41) is 9.73. The number of carboxylic acids is 1. The lowest BCUT2D eigenvalue weighted by molar-refractivity contribution is -0.143. The SMILES string of the molecule is CCSc1cc(Cl)ccc1C(=O)N1CCCC(C(=O)O)C1. The van der Waals surface area contributed by atoms with E-state index >= 15 is 0 Å². The molecule has 1 aliphatic heterocycles. The highest BCUT2D eigenvalue weighted by Gasteiger charge is 2.29. The Morgan fingerprint density at radius 3 is 2.90 bits per heavy atom. The zero-order chi connectivity index (χ0) is 15.4. The Morgan fingerprint density at radius 1 is 1.48 bits per heavy atom. The number of aliphatic carboxylic acids is 1. The number of amides is 1. The number of hydrogen-bond donors (Lipinski definition) is 1. The molecule has 1 atom stereocenters. The van der Waals surface area contributed by atoms with E-state index < -0.39 is 11.9 Å². The molecule has 21 heavy (non-hydrogen) atoms. The third-order valence-electron chi connectivity index (χ3n) is 3.53. The van der Waals surface area contributed by atoms with Gasteiger partial charge in [-0.05, 0) is 36.8 Å². The lowest BCUT2D eigenvalue weighted by Crippen LogP contribution is -2.42. The zero-order valence-corrected chi connectivity index (χ0v) is 13.4. The van der Waals surface area contributed by atoms with Crippen molar-refractivity contribution in [3.63, 3.8) is 0 Å². The van der Waals surface area contributed by atoms with Crippen LogP contribution in [0.2, 0.25) is 5.02 Å². The van der Waals surface area contributed by atoms with Gasteiger partial charge in [0.25, 0.3) is 5.91 Å². The number of thioether (sulfide) groups is 1. The van der Waals surface area contributed by atoms with E-state index in [0.29, 0.717) is 23.6 Å². The first-order valence-corrected chi connectivity index (χ1v) is 8.33. The second-order valence-electron chi connectivity index (χ2n) is 5.00. The molecule has 4 nitrogen and oxygen atoms in total. The third kappa shape index (κ3) is 3.92.